The van der Waals surface area contributed by atoms with Gasteiger partial charge in [-0.15, -0.1) is 0 Å². The van der Waals surface area contributed by atoms with E-state index in [1.165, 1.54) is 24.3 Å². The number of amides is 1. The van der Waals surface area contributed by atoms with Crippen LogP contribution < -0.4 is 15.6 Å². The van der Waals surface area contributed by atoms with Crippen molar-refractivity contribution >= 4 is 21.6 Å². The number of aliphatic imine (C=N–C) groups is 1. The topological polar surface area (TPSA) is 175 Å². The molecule has 4 aromatic rings. The Bertz CT molecular complexity index is 2040. The second kappa shape index (κ2) is 16.7. The summed E-state index contributed by atoms with van der Waals surface area (Å²) in [6, 6.07) is 25.6. The Morgan fingerprint density at radius 1 is 1.02 bits per heavy atom. The van der Waals surface area contributed by atoms with Gasteiger partial charge >= 0.3 is 6.18 Å². The summed E-state index contributed by atoms with van der Waals surface area (Å²) < 4.78 is 79.3. The maximum absolute atomic E-state index is 14.5. The fourth-order valence-corrected chi connectivity index (χ4v) is 7.00. The Balaban J connectivity index is 1.56. The molecule has 0 aromatic heterocycles. The average molecular weight is 737 g/mol. The van der Waals surface area contributed by atoms with E-state index in [1.54, 1.807) is 66.7 Å². The second-order valence-corrected chi connectivity index (χ2v) is 13.9. The Kier molecular flexibility index (Phi) is 12.2. The SMILES string of the molecule is [N-]=[N+]=NCc1ccccc1[C@@H]1OC(c2ccc(OCCCO)cc2)=N[C@]1(CCS(=O)(=O)c1ccccc1)C(=O)NNCc1cccc(C(F)(F)F)c1. The van der Waals surface area contributed by atoms with Crippen LogP contribution in [-0.4, -0.2) is 49.8 Å². The number of sulfone groups is 1. The molecule has 0 fully saturated rings. The maximum atomic E-state index is 14.5. The van der Waals surface area contributed by atoms with Crippen molar-refractivity contribution in [3.8, 4) is 5.75 Å². The average Bonchev–Trinajstić information content (AvgIpc) is 3.54. The van der Waals surface area contributed by atoms with Crippen molar-refractivity contribution in [1.29, 1.82) is 0 Å². The smallest absolute Gasteiger partial charge is 0.416 e. The van der Waals surface area contributed by atoms with Crippen molar-refractivity contribution in [1.82, 2.24) is 10.9 Å². The van der Waals surface area contributed by atoms with E-state index in [0.717, 1.165) is 12.1 Å². The van der Waals surface area contributed by atoms with Crippen LogP contribution in [-0.2, 0) is 38.6 Å². The maximum Gasteiger partial charge on any atom is 0.416 e. The van der Waals surface area contributed by atoms with Crippen molar-refractivity contribution < 1.29 is 41.0 Å². The van der Waals surface area contributed by atoms with Gasteiger partial charge in [0.1, 0.15) is 5.75 Å². The summed E-state index contributed by atoms with van der Waals surface area (Å²) in [4.78, 5) is 22.1. The van der Waals surface area contributed by atoms with Crippen LogP contribution in [0.1, 0.15) is 46.8 Å². The highest BCUT2D eigenvalue weighted by Gasteiger charge is 2.54. The minimum Gasteiger partial charge on any atom is -0.494 e. The molecule has 4 aromatic carbocycles. The number of alkyl halides is 3. The number of nitrogens with one attached hydrogen (secondary N) is 2. The monoisotopic (exact) mass is 736 g/mol. The number of halogens is 3. The molecule has 5 rings (SSSR count). The third-order valence-corrected chi connectivity index (χ3v) is 10.0. The zero-order chi connectivity index (χ0) is 37.2. The fourth-order valence-electron chi connectivity index (χ4n) is 5.62. The number of hydrogen-bond donors (Lipinski definition) is 3. The fraction of sp³-hybridized carbons (Fsp3) is 0.278. The number of hydrogen-bond acceptors (Lipinski definition) is 9. The molecule has 0 saturated heterocycles. The van der Waals surface area contributed by atoms with E-state index in [2.05, 4.69) is 20.9 Å². The van der Waals surface area contributed by atoms with Crippen molar-refractivity contribution in [2.75, 3.05) is 19.0 Å². The zero-order valence-electron chi connectivity index (χ0n) is 27.7. The van der Waals surface area contributed by atoms with Gasteiger partial charge in [0.15, 0.2) is 21.5 Å². The quantitative estimate of drug-likeness (QED) is 0.0402. The number of carbonyl (C=O) groups is 1. The predicted molar refractivity (Wildman–Crippen MR) is 186 cm³/mol. The number of azide groups is 1. The molecule has 0 aliphatic carbocycles. The van der Waals surface area contributed by atoms with Gasteiger partial charge in [-0.05, 0) is 64.7 Å². The molecule has 1 aliphatic rings. The summed E-state index contributed by atoms with van der Waals surface area (Å²) in [6.45, 7) is -0.0782. The summed E-state index contributed by atoms with van der Waals surface area (Å²) in [6.07, 6.45) is -5.76. The van der Waals surface area contributed by atoms with E-state index < -0.39 is 44.9 Å². The van der Waals surface area contributed by atoms with Gasteiger partial charge in [-0.2, -0.15) is 13.2 Å². The number of rotatable bonds is 16. The molecular weight excluding hydrogens is 701 g/mol. The van der Waals surface area contributed by atoms with Crippen LogP contribution in [0, 0.1) is 0 Å². The van der Waals surface area contributed by atoms with Gasteiger partial charge in [-0.25, -0.2) is 18.8 Å². The van der Waals surface area contributed by atoms with E-state index in [0.29, 0.717) is 28.9 Å². The lowest BCUT2D eigenvalue weighted by atomic mass is 9.83. The van der Waals surface area contributed by atoms with Gasteiger partial charge in [0, 0.05) is 36.5 Å². The number of benzene rings is 4. The Labute approximate surface area is 297 Å². The molecule has 3 N–H and O–H groups in total. The summed E-state index contributed by atoms with van der Waals surface area (Å²) in [5.41, 5.74) is 13.0. The van der Waals surface area contributed by atoms with Crippen LogP contribution in [0.3, 0.4) is 0 Å². The van der Waals surface area contributed by atoms with Crippen molar-refractivity contribution in [2.45, 2.75) is 48.6 Å². The van der Waals surface area contributed by atoms with E-state index in [9.17, 15) is 26.4 Å². The predicted octanol–water partition coefficient (Wildman–Crippen LogP) is 6.22. The molecular formula is C36H35F3N6O6S. The first-order valence-corrected chi connectivity index (χ1v) is 17.8. The molecule has 12 nitrogen and oxygen atoms in total. The molecule has 2 atom stereocenters. The molecule has 0 bridgehead atoms. The molecule has 0 saturated carbocycles. The van der Waals surface area contributed by atoms with Gasteiger partial charge in [-0.1, -0.05) is 65.8 Å². The lowest BCUT2D eigenvalue weighted by Gasteiger charge is -2.31. The lowest BCUT2D eigenvalue weighted by molar-refractivity contribution is -0.137. The molecule has 52 heavy (non-hydrogen) atoms. The van der Waals surface area contributed by atoms with Gasteiger partial charge < -0.3 is 14.6 Å². The van der Waals surface area contributed by atoms with Crippen molar-refractivity contribution in [3.63, 3.8) is 0 Å². The molecule has 0 spiro atoms. The first-order chi connectivity index (χ1) is 25.0. The van der Waals surface area contributed by atoms with Crippen LogP contribution in [0.2, 0.25) is 0 Å². The van der Waals surface area contributed by atoms with Gasteiger partial charge in [0.2, 0.25) is 5.90 Å². The standard InChI is InChI=1S/C36H35F3N6O6S/c37-36(38,39)28-10-6-8-25(22-28)23-41-44-34(47)35(18-21-52(48,49)30-11-2-1-3-12-30)32(31-13-5-4-9-27(31)24-42-45-40)51-33(43-35)26-14-16-29(17-15-26)50-20-7-19-46/h1-6,8-17,22,32,41,46H,7,18-21,23-24H2,(H,44,47)/t32-,35-/m0/s1. The van der Waals surface area contributed by atoms with Crippen LogP contribution in [0.5, 0.6) is 5.75 Å². The Hall–Kier alpha value is -5.41. The number of aliphatic hydroxyl groups is 1. The normalized spacial score (nSPS) is 17.1. The molecule has 0 radical (unpaired) electrons. The second-order valence-electron chi connectivity index (χ2n) is 11.8. The first kappa shape index (κ1) is 37.8. The molecule has 1 heterocycles. The number of carbonyl (C=O) groups excluding carboxylic acids is 1. The third kappa shape index (κ3) is 9.08. The summed E-state index contributed by atoms with van der Waals surface area (Å²) in [5, 5.41) is 12.8. The third-order valence-electron chi connectivity index (χ3n) is 8.27. The van der Waals surface area contributed by atoms with Gasteiger partial charge in [0.05, 0.1) is 29.4 Å². The molecule has 1 amide bonds. The zero-order valence-corrected chi connectivity index (χ0v) is 28.5. The first-order valence-electron chi connectivity index (χ1n) is 16.1. The number of ether oxygens (including phenoxy) is 2. The van der Waals surface area contributed by atoms with E-state index in [4.69, 9.17) is 25.1 Å². The highest BCUT2D eigenvalue weighted by molar-refractivity contribution is 7.91. The van der Waals surface area contributed by atoms with E-state index in [1.807, 2.05) is 0 Å². The van der Waals surface area contributed by atoms with Crippen LogP contribution in [0.15, 0.2) is 118 Å². The molecule has 16 heteroatoms. The minimum absolute atomic E-state index is 0.00985. The summed E-state index contributed by atoms with van der Waals surface area (Å²) >= 11 is 0. The molecule has 0 unspecified atom stereocenters. The minimum atomic E-state index is -4.57. The summed E-state index contributed by atoms with van der Waals surface area (Å²) in [7, 11) is -3.96. The Morgan fingerprint density at radius 2 is 1.75 bits per heavy atom. The lowest BCUT2D eigenvalue weighted by Crippen LogP contribution is -2.53. The van der Waals surface area contributed by atoms with E-state index >= 15 is 0 Å². The van der Waals surface area contributed by atoms with Crippen LogP contribution >= 0.6 is 0 Å². The van der Waals surface area contributed by atoms with Crippen molar-refractivity contribution in [2.24, 2.45) is 10.1 Å². The Morgan fingerprint density at radius 3 is 2.46 bits per heavy atom. The van der Waals surface area contributed by atoms with Gasteiger partial charge in [0.25, 0.3) is 5.91 Å². The largest absolute Gasteiger partial charge is 0.494 e. The van der Waals surface area contributed by atoms with Gasteiger partial charge in [-0.3, -0.25) is 10.2 Å². The highest BCUT2D eigenvalue weighted by atomic mass is 32.2. The van der Waals surface area contributed by atoms with Crippen LogP contribution in [0.25, 0.3) is 10.4 Å². The summed E-state index contributed by atoms with van der Waals surface area (Å²) in [5.74, 6) is -0.838. The van der Waals surface area contributed by atoms with E-state index in [-0.39, 0.29) is 49.1 Å². The molecule has 1 aliphatic heterocycles. The highest BCUT2D eigenvalue weighted by Crippen LogP contribution is 2.44. The number of aliphatic hydroxyl groups excluding tert-OH is 1. The molecule has 272 valence electrons. The number of hydrazine groups is 1. The number of nitrogens with zero attached hydrogens (tertiary/aromatic N) is 4. The van der Waals surface area contributed by atoms with Crippen LogP contribution in [0.4, 0.5) is 13.2 Å². The van der Waals surface area contributed by atoms with Crippen molar-refractivity contribution in [3.05, 3.63) is 141 Å².